The number of amides is 2. The minimum Gasteiger partial charge on any atom is -0.480 e. The number of halogens is 5. The Balaban J connectivity index is 1.13. The zero-order chi connectivity index (χ0) is 35.3. The monoisotopic (exact) mass is 730 g/mol. The first-order valence-electron chi connectivity index (χ1n) is 16.4. The van der Waals surface area contributed by atoms with Crippen LogP contribution in [0.1, 0.15) is 58.5 Å². The molecule has 2 amide bonds. The standard InChI is InChI=1S/C34H35Cl2F3N8O3/c1-46-27-11-26(47-15-18-9-19(18)16-47)22(31(48)42-21-6-4-20(5-7-21)34(37,38)39)10-24(27)44-33(46)45-30-23(35)8-3-17(29(30)36)12-41-32(49)25-13-40-14-28(43-25)50-2/h3,8,10-11,13-14,18-21H,4-7,9,12,15-16H2,1-2H3,(H,41,49)(H,42,48)(H,44,45). The Labute approximate surface area is 295 Å². The molecule has 2 atom stereocenters. The molecule has 4 aromatic rings. The average molecular weight is 732 g/mol. The molecule has 0 bridgehead atoms. The van der Waals surface area contributed by atoms with Crippen molar-refractivity contribution in [2.75, 3.05) is 30.4 Å². The van der Waals surface area contributed by atoms with Crippen molar-refractivity contribution < 1.29 is 27.5 Å². The number of hydrogen-bond acceptors (Lipinski definition) is 8. The number of aryl methyl sites for hydroxylation is 1. The summed E-state index contributed by atoms with van der Waals surface area (Å²) in [5.74, 6) is -0.282. The zero-order valence-electron chi connectivity index (χ0n) is 27.3. The number of ether oxygens (including phenoxy) is 1. The summed E-state index contributed by atoms with van der Waals surface area (Å²) < 4.78 is 46.6. The molecular formula is C34H35Cl2F3N8O3. The molecule has 50 heavy (non-hydrogen) atoms. The van der Waals surface area contributed by atoms with Gasteiger partial charge in [0.2, 0.25) is 11.8 Å². The fraction of sp³-hybridized carbons (Fsp3) is 0.441. The molecule has 7 rings (SSSR count). The molecule has 264 valence electrons. The summed E-state index contributed by atoms with van der Waals surface area (Å²) in [5.41, 5.74) is 3.57. The quantitative estimate of drug-likeness (QED) is 0.175. The van der Waals surface area contributed by atoms with Crippen molar-refractivity contribution in [3.05, 3.63) is 63.5 Å². The second kappa shape index (κ2) is 13.4. The lowest BCUT2D eigenvalue weighted by Gasteiger charge is -2.31. The van der Waals surface area contributed by atoms with E-state index < -0.39 is 18.0 Å². The minimum absolute atomic E-state index is 0.000719. The van der Waals surface area contributed by atoms with Gasteiger partial charge < -0.3 is 30.2 Å². The van der Waals surface area contributed by atoms with E-state index >= 15 is 0 Å². The van der Waals surface area contributed by atoms with Gasteiger partial charge >= 0.3 is 6.18 Å². The lowest BCUT2D eigenvalue weighted by molar-refractivity contribution is -0.182. The molecule has 2 saturated carbocycles. The maximum absolute atomic E-state index is 13.8. The van der Waals surface area contributed by atoms with Gasteiger partial charge in [-0.25, -0.2) is 9.97 Å². The number of benzene rings is 2. The first kappa shape index (κ1) is 34.2. The van der Waals surface area contributed by atoms with E-state index in [1.807, 2.05) is 17.7 Å². The van der Waals surface area contributed by atoms with Gasteiger partial charge in [0.15, 0.2) is 0 Å². The Hall–Kier alpha value is -4.30. The van der Waals surface area contributed by atoms with E-state index in [9.17, 15) is 22.8 Å². The highest BCUT2D eigenvalue weighted by Gasteiger charge is 2.46. The van der Waals surface area contributed by atoms with Gasteiger partial charge in [-0.15, -0.1) is 0 Å². The summed E-state index contributed by atoms with van der Waals surface area (Å²) in [6, 6.07) is 6.72. The molecule has 2 unspecified atom stereocenters. The summed E-state index contributed by atoms with van der Waals surface area (Å²) in [6.07, 6.45) is 0.246. The number of rotatable bonds is 9. The van der Waals surface area contributed by atoms with E-state index in [0.717, 1.165) is 24.3 Å². The summed E-state index contributed by atoms with van der Waals surface area (Å²) in [7, 11) is 3.27. The van der Waals surface area contributed by atoms with Crippen LogP contribution in [-0.4, -0.2) is 63.8 Å². The molecule has 11 nitrogen and oxygen atoms in total. The van der Waals surface area contributed by atoms with Crippen molar-refractivity contribution in [3.8, 4) is 5.88 Å². The third-order valence-corrected chi connectivity index (χ3v) is 10.7. The number of fused-ring (bicyclic) bond motifs is 2. The number of carbonyl (C=O) groups is 2. The molecule has 3 heterocycles. The van der Waals surface area contributed by atoms with Crippen LogP contribution < -0.4 is 25.6 Å². The number of aromatic nitrogens is 4. The number of anilines is 3. The van der Waals surface area contributed by atoms with Crippen LogP contribution in [0.15, 0.2) is 36.7 Å². The number of carbonyl (C=O) groups excluding carboxylic acids is 2. The van der Waals surface area contributed by atoms with Crippen molar-refractivity contribution in [2.45, 2.75) is 50.9 Å². The van der Waals surface area contributed by atoms with Crippen LogP contribution in [0, 0.1) is 17.8 Å². The molecule has 2 aromatic carbocycles. The predicted molar refractivity (Wildman–Crippen MR) is 183 cm³/mol. The van der Waals surface area contributed by atoms with Gasteiger partial charge in [0.1, 0.15) is 5.69 Å². The van der Waals surface area contributed by atoms with Gasteiger partial charge in [-0.05, 0) is 67.7 Å². The summed E-state index contributed by atoms with van der Waals surface area (Å²) in [6.45, 7) is 1.76. The molecule has 3 fully saturated rings. The molecule has 2 aliphatic carbocycles. The van der Waals surface area contributed by atoms with Crippen molar-refractivity contribution in [1.82, 2.24) is 30.2 Å². The fourth-order valence-corrected chi connectivity index (χ4v) is 7.52. The molecular weight excluding hydrogens is 696 g/mol. The van der Waals surface area contributed by atoms with Crippen LogP contribution in [0.5, 0.6) is 5.88 Å². The van der Waals surface area contributed by atoms with E-state index in [-0.39, 0.29) is 60.8 Å². The Morgan fingerprint density at radius 2 is 1.76 bits per heavy atom. The lowest BCUT2D eigenvalue weighted by atomic mass is 9.85. The van der Waals surface area contributed by atoms with Gasteiger partial charge in [0.25, 0.3) is 11.8 Å². The first-order chi connectivity index (χ1) is 23.9. The Kier molecular flexibility index (Phi) is 9.18. The Morgan fingerprint density at radius 3 is 2.46 bits per heavy atom. The van der Waals surface area contributed by atoms with Crippen molar-refractivity contribution >= 4 is 63.4 Å². The number of nitrogens with one attached hydrogen (secondary N) is 3. The maximum atomic E-state index is 13.8. The van der Waals surface area contributed by atoms with Crippen LogP contribution >= 0.6 is 23.2 Å². The zero-order valence-corrected chi connectivity index (χ0v) is 28.8. The van der Waals surface area contributed by atoms with Crippen molar-refractivity contribution in [1.29, 1.82) is 0 Å². The molecule has 3 N–H and O–H groups in total. The predicted octanol–water partition coefficient (Wildman–Crippen LogP) is 6.66. The third kappa shape index (κ3) is 6.87. The molecule has 1 aliphatic heterocycles. The second-order valence-corrected chi connectivity index (χ2v) is 14.0. The van der Waals surface area contributed by atoms with Gasteiger partial charge in [0, 0.05) is 32.7 Å². The van der Waals surface area contributed by atoms with Gasteiger partial charge in [-0.1, -0.05) is 29.3 Å². The van der Waals surface area contributed by atoms with Crippen LogP contribution in [0.4, 0.5) is 30.5 Å². The lowest BCUT2D eigenvalue weighted by Crippen LogP contribution is -2.40. The Bertz CT molecular complexity index is 1950. The van der Waals surface area contributed by atoms with E-state index in [2.05, 4.69) is 30.8 Å². The van der Waals surface area contributed by atoms with Crippen molar-refractivity contribution in [2.24, 2.45) is 24.8 Å². The number of piperidine rings is 1. The van der Waals surface area contributed by atoms with Gasteiger partial charge in [0.05, 0.1) is 63.4 Å². The number of alkyl halides is 3. The summed E-state index contributed by atoms with van der Waals surface area (Å²) in [5, 5.41) is 9.63. The van der Waals surface area contributed by atoms with Crippen molar-refractivity contribution in [3.63, 3.8) is 0 Å². The number of nitrogens with zero attached hydrogens (tertiary/aromatic N) is 5. The molecule has 0 radical (unpaired) electrons. The largest absolute Gasteiger partial charge is 0.480 e. The normalized spacial score (nSPS) is 21.5. The molecule has 2 aromatic heterocycles. The SMILES string of the molecule is COc1cncc(C(=O)NCc2ccc(Cl)c(Nc3nc4cc(C(=O)NC5CCC(C(F)(F)F)CC5)c(N5CC6CC6C5)cc4n3C)c2Cl)n1. The highest BCUT2D eigenvalue weighted by molar-refractivity contribution is 6.39. The highest BCUT2D eigenvalue weighted by Crippen LogP contribution is 2.47. The van der Waals surface area contributed by atoms with Crippen LogP contribution in [-0.2, 0) is 13.6 Å². The van der Waals surface area contributed by atoms with Crippen LogP contribution in [0.25, 0.3) is 11.0 Å². The smallest absolute Gasteiger partial charge is 0.391 e. The highest BCUT2D eigenvalue weighted by atomic mass is 35.5. The first-order valence-corrected chi connectivity index (χ1v) is 17.2. The molecule has 1 saturated heterocycles. The topological polar surface area (TPSA) is 126 Å². The van der Waals surface area contributed by atoms with Crippen LogP contribution in [0.3, 0.4) is 0 Å². The van der Waals surface area contributed by atoms with Gasteiger partial charge in [-0.3, -0.25) is 14.6 Å². The van der Waals surface area contributed by atoms with E-state index in [4.69, 9.17) is 32.9 Å². The second-order valence-electron chi connectivity index (χ2n) is 13.2. The van der Waals surface area contributed by atoms with E-state index in [0.29, 0.717) is 45.1 Å². The average Bonchev–Trinajstić information content (AvgIpc) is 3.59. The third-order valence-electron chi connectivity index (χ3n) is 9.99. The van der Waals surface area contributed by atoms with E-state index in [1.54, 1.807) is 18.2 Å². The van der Waals surface area contributed by atoms with E-state index in [1.165, 1.54) is 25.9 Å². The number of hydrogen-bond donors (Lipinski definition) is 3. The fourth-order valence-electron chi connectivity index (χ4n) is 6.99. The molecule has 16 heteroatoms. The minimum atomic E-state index is -4.21. The maximum Gasteiger partial charge on any atom is 0.391 e. The summed E-state index contributed by atoms with van der Waals surface area (Å²) >= 11 is 13.4. The van der Waals surface area contributed by atoms with Crippen LogP contribution in [0.2, 0.25) is 10.0 Å². The van der Waals surface area contributed by atoms with Gasteiger partial charge in [-0.2, -0.15) is 13.2 Å². The molecule has 0 spiro atoms. The number of methoxy groups -OCH3 is 1. The molecule has 3 aliphatic rings. The summed E-state index contributed by atoms with van der Waals surface area (Å²) in [4.78, 5) is 41.5. The Morgan fingerprint density at radius 1 is 1.02 bits per heavy atom. The number of imidazole rings is 1.